The number of hydrogen-bond acceptors (Lipinski definition) is 6. The molecule has 0 spiro atoms. The Balaban J connectivity index is 2.35. The van der Waals surface area contributed by atoms with Crippen LogP contribution in [0.5, 0.6) is 0 Å². The van der Waals surface area contributed by atoms with Gasteiger partial charge in [-0.25, -0.2) is 14.2 Å². The Hall–Kier alpha value is -2.55. The summed E-state index contributed by atoms with van der Waals surface area (Å²) in [5, 5.41) is 24.8. The van der Waals surface area contributed by atoms with Gasteiger partial charge in [0.2, 0.25) is 0 Å². The van der Waals surface area contributed by atoms with Crippen molar-refractivity contribution in [2.24, 2.45) is 0 Å². The number of carboxylic acids is 1. The van der Waals surface area contributed by atoms with Crippen molar-refractivity contribution >= 4 is 28.7 Å². The molecule has 1 heterocycles. The lowest BCUT2D eigenvalue weighted by Gasteiger charge is -2.07. The quantitative estimate of drug-likeness (QED) is 0.649. The first-order chi connectivity index (χ1) is 9.49. The predicted octanol–water partition coefficient (Wildman–Crippen LogP) is 2.50. The molecule has 1 aromatic carbocycles. The van der Waals surface area contributed by atoms with Crippen LogP contribution < -0.4 is 5.32 Å². The molecule has 0 bridgehead atoms. The zero-order valence-corrected chi connectivity index (χ0v) is 10.7. The summed E-state index contributed by atoms with van der Waals surface area (Å²) in [5.74, 6) is -2.64. The number of anilines is 1. The molecule has 0 saturated carbocycles. The fourth-order valence-electron chi connectivity index (χ4n) is 1.53. The van der Waals surface area contributed by atoms with Gasteiger partial charge in [0.15, 0.2) is 0 Å². The number of benzene rings is 1. The Kier molecular flexibility index (Phi) is 3.89. The van der Waals surface area contributed by atoms with E-state index >= 15 is 0 Å². The van der Waals surface area contributed by atoms with Gasteiger partial charge in [0.05, 0.1) is 23.1 Å². The van der Waals surface area contributed by atoms with Crippen LogP contribution in [-0.4, -0.2) is 21.0 Å². The van der Waals surface area contributed by atoms with Crippen LogP contribution in [0.25, 0.3) is 0 Å². The molecule has 20 heavy (non-hydrogen) atoms. The Morgan fingerprint density at radius 1 is 1.55 bits per heavy atom. The van der Waals surface area contributed by atoms with Crippen LogP contribution >= 0.6 is 11.3 Å². The molecule has 0 amide bonds. The van der Waals surface area contributed by atoms with E-state index in [1.54, 1.807) is 11.6 Å². The number of carbonyl (C=O) groups is 1. The molecule has 0 aliphatic heterocycles. The fourth-order valence-corrected chi connectivity index (χ4v) is 2.09. The second kappa shape index (κ2) is 5.61. The highest BCUT2D eigenvalue weighted by Gasteiger charge is 2.21. The van der Waals surface area contributed by atoms with Crippen molar-refractivity contribution in [3.63, 3.8) is 0 Å². The van der Waals surface area contributed by atoms with Crippen LogP contribution in [0.3, 0.4) is 0 Å². The first-order valence-electron chi connectivity index (χ1n) is 5.32. The zero-order valence-electron chi connectivity index (χ0n) is 9.87. The number of halogens is 1. The Morgan fingerprint density at radius 2 is 2.30 bits per heavy atom. The number of nitrogens with zero attached hydrogens (tertiary/aromatic N) is 2. The van der Waals surface area contributed by atoms with E-state index in [1.807, 2.05) is 0 Å². The Labute approximate surface area is 115 Å². The first-order valence-corrected chi connectivity index (χ1v) is 6.20. The highest BCUT2D eigenvalue weighted by Crippen LogP contribution is 2.28. The lowest BCUT2D eigenvalue weighted by molar-refractivity contribution is -0.384. The molecule has 0 unspecified atom stereocenters. The number of nitro groups is 1. The maximum atomic E-state index is 13.4. The third-order valence-electron chi connectivity index (χ3n) is 2.43. The van der Waals surface area contributed by atoms with Crippen molar-refractivity contribution in [2.45, 2.75) is 6.54 Å². The summed E-state index contributed by atoms with van der Waals surface area (Å²) in [7, 11) is 0. The molecule has 2 rings (SSSR count). The molecule has 0 aliphatic rings. The lowest BCUT2D eigenvalue weighted by atomic mass is 10.1. The number of aromatic nitrogens is 1. The van der Waals surface area contributed by atoms with Crippen LogP contribution in [0.2, 0.25) is 0 Å². The predicted molar refractivity (Wildman–Crippen MR) is 69.5 cm³/mol. The Morgan fingerprint density at radius 3 is 2.85 bits per heavy atom. The molecule has 0 fully saturated rings. The standard InChI is InChI=1S/C11H8FN3O4S/c12-7-4-9(15(18)19)8(3-6(7)11(16)17)14-5-10-13-1-2-20-10/h1-4,14H,5H2,(H,16,17). The first kappa shape index (κ1) is 13.9. The maximum absolute atomic E-state index is 13.4. The average Bonchev–Trinajstić information content (AvgIpc) is 2.89. The van der Waals surface area contributed by atoms with Gasteiger partial charge in [-0.05, 0) is 6.07 Å². The number of nitrogens with one attached hydrogen (secondary N) is 1. The topological polar surface area (TPSA) is 105 Å². The van der Waals surface area contributed by atoms with Gasteiger partial charge in [0.25, 0.3) is 5.69 Å². The molecule has 0 aliphatic carbocycles. The fraction of sp³-hybridized carbons (Fsp3) is 0.0909. The van der Waals surface area contributed by atoms with Gasteiger partial charge >= 0.3 is 5.97 Å². The third kappa shape index (κ3) is 2.88. The van der Waals surface area contributed by atoms with Crippen LogP contribution in [0.1, 0.15) is 15.4 Å². The van der Waals surface area contributed by atoms with Crippen LogP contribution in [0.4, 0.5) is 15.8 Å². The van der Waals surface area contributed by atoms with E-state index in [-0.39, 0.29) is 12.2 Å². The van der Waals surface area contributed by atoms with Crippen molar-refractivity contribution in [3.05, 3.63) is 50.2 Å². The minimum Gasteiger partial charge on any atom is -0.478 e. The van der Waals surface area contributed by atoms with Crippen LogP contribution in [0, 0.1) is 15.9 Å². The van der Waals surface area contributed by atoms with Crippen LogP contribution in [-0.2, 0) is 6.54 Å². The molecule has 9 heteroatoms. The van der Waals surface area contributed by atoms with Crippen LogP contribution in [0.15, 0.2) is 23.7 Å². The highest BCUT2D eigenvalue weighted by molar-refractivity contribution is 7.09. The van der Waals surface area contributed by atoms with Crippen molar-refractivity contribution < 1.29 is 19.2 Å². The maximum Gasteiger partial charge on any atom is 0.338 e. The molecule has 0 atom stereocenters. The van der Waals surface area contributed by atoms with Crippen molar-refractivity contribution in [2.75, 3.05) is 5.32 Å². The minimum atomic E-state index is -1.49. The number of rotatable bonds is 5. The Bertz CT molecular complexity index is 660. The second-order valence-corrected chi connectivity index (χ2v) is 4.67. The van der Waals surface area contributed by atoms with E-state index in [4.69, 9.17) is 5.11 Å². The lowest BCUT2D eigenvalue weighted by Crippen LogP contribution is -2.07. The smallest absolute Gasteiger partial charge is 0.338 e. The number of hydrogen-bond donors (Lipinski definition) is 2. The van der Waals surface area contributed by atoms with E-state index in [0.717, 1.165) is 6.07 Å². The second-order valence-electron chi connectivity index (χ2n) is 3.69. The molecular formula is C11H8FN3O4S. The number of aromatic carboxylic acids is 1. The van der Waals surface area contributed by atoms with Gasteiger partial charge in [-0.3, -0.25) is 10.1 Å². The number of thiazole rings is 1. The van der Waals surface area contributed by atoms with Crippen molar-refractivity contribution in [1.29, 1.82) is 0 Å². The molecule has 7 nitrogen and oxygen atoms in total. The molecule has 2 N–H and O–H groups in total. The van der Waals surface area contributed by atoms with Gasteiger partial charge in [-0.15, -0.1) is 11.3 Å². The molecular weight excluding hydrogens is 289 g/mol. The van der Waals surface area contributed by atoms with Gasteiger partial charge < -0.3 is 10.4 Å². The molecule has 1 aromatic heterocycles. The monoisotopic (exact) mass is 297 g/mol. The summed E-state index contributed by atoms with van der Waals surface area (Å²) in [6.07, 6.45) is 1.57. The summed E-state index contributed by atoms with van der Waals surface area (Å²) in [5.41, 5.74) is -1.22. The van der Waals surface area contributed by atoms with E-state index in [0.29, 0.717) is 11.1 Å². The molecule has 2 aromatic rings. The number of nitro benzene ring substituents is 1. The SMILES string of the molecule is O=C(O)c1cc(NCc2nccs2)c([N+](=O)[O-])cc1F. The molecule has 0 radical (unpaired) electrons. The summed E-state index contributed by atoms with van der Waals surface area (Å²) >= 11 is 1.34. The minimum absolute atomic E-state index is 0.0657. The van der Waals surface area contributed by atoms with Crippen molar-refractivity contribution in [3.8, 4) is 0 Å². The number of carboxylic acid groups (broad SMARTS) is 1. The van der Waals surface area contributed by atoms with E-state index in [2.05, 4.69) is 10.3 Å². The zero-order chi connectivity index (χ0) is 14.7. The van der Waals surface area contributed by atoms with Gasteiger partial charge in [0.1, 0.15) is 16.5 Å². The molecule has 104 valence electrons. The molecule has 0 saturated heterocycles. The van der Waals surface area contributed by atoms with E-state index < -0.39 is 28.0 Å². The van der Waals surface area contributed by atoms with Crippen molar-refractivity contribution in [1.82, 2.24) is 4.98 Å². The summed E-state index contributed by atoms with van der Waals surface area (Å²) in [4.78, 5) is 24.9. The highest BCUT2D eigenvalue weighted by atomic mass is 32.1. The third-order valence-corrected chi connectivity index (χ3v) is 3.21. The van der Waals surface area contributed by atoms with Gasteiger partial charge in [-0.2, -0.15) is 0 Å². The summed E-state index contributed by atoms with van der Waals surface area (Å²) in [6.45, 7) is 0.184. The average molecular weight is 297 g/mol. The largest absolute Gasteiger partial charge is 0.478 e. The normalized spacial score (nSPS) is 10.2. The van der Waals surface area contributed by atoms with Gasteiger partial charge in [0, 0.05) is 11.6 Å². The van der Waals surface area contributed by atoms with E-state index in [9.17, 15) is 19.3 Å². The van der Waals surface area contributed by atoms with E-state index in [1.165, 1.54) is 11.3 Å². The summed E-state index contributed by atoms with van der Waals surface area (Å²) < 4.78 is 13.4. The van der Waals surface area contributed by atoms with Gasteiger partial charge in [-0.1, -0.05) is 0 Å². The summed E-state index contributed by atoms with van der Waals surface area (Å²) in [6, 6.07) is 1.50.